The maximum Gasteiger partial charge on any atom is 0.119 e. The molecule has 0 aliphatic rings. The van der Waals surface area contributed by atoms with Crippen molar-refractivity contribution in [3.05, 3.63) is 89.5 Å². The first-order valence-corrected chi connectivity index (χ1v) is 12.4. The number of aryl methyl sites for hydroxylation is 2. The molecule has 0 bridgehead atoms. The van der Waals surface area contributed by atoms with Crippen LogP contribution in [0.5, 0.6) is 5.75 Å². The van der Waals surface area contributed by atoms with E-state index in [1.807, 2.05) is 0 Å². The molecule has 1 atom stereocenters. The lowest BCUT2D eigenvalue weighted by Crippen LogP contribution is -1.96. The van der Waals surface area contributed by atoms with E-state index in [0.29, 0.717) is 6.61 Å². The number of benzene rings is 3. The van der Waals surface area contributed by atoms with Crippen molar-refractivity contribution < 1.29 is 4.74 Å². The van der Waals surface area contributed by atoms with E-state index in [1.54, 1.807) is 0 Å². The minimum absolute atomic E-state index is 0.386. The molecule has 2 heteroatoms. The molecule has 3 rings (SSSR count). The third kappa shape index (κ3) is 5.88. The van der Waals surface area contributed by atoms with Crippen LogP contribution in [0.2, 0.25) is 0 Å². The number of hydrogen-bond donors (Lipinski definition) is 0. The Morgan fingerprint density at radius 1 is 0.786 bits per heavy atom. The van der Waals surface area contributed by atoms with Gasteiger partial charge in [-0.2, -0.15) is 0 Å². The van der Waals surface area contributed by atoms with Crippen molar-refractivity contribution in [3.63, 3.8) is 0 Å². The van der Waals surface area contributed by atoms with Crippen LogP contribution in [-0.4, -0.2) is 18.6 Å². The standard InChI is InChI=1S/C26H31OP/c1-4-21-7-6-8-23(19-21)20-27-26-15-13-25(14-16-26)24-11-9-22(10-12-24)17-18-28(3)5-2/h6-16,19,28H,3-5,17-18,20H2,1-2H3. The molecule has 0 saturated carbocycles. The lowest BCUT2D eigenvalue weighted by atomic mass is 10.0. The third-order valence-corrected chi connectivity index (χ3v) is 7.17. The van der Waals surface area contributed by atoms with Crippen LogP contribution in [0, 0.1) is 0 Å². The van der Waals surface area contributed by atoms with E-state index in [0.717, 1.165) is 18.6 Å². The Labute approximate surface area is 170 Å². The quantitative estimate of drug-likeness (QED) is 0.369. The zero-order chi connectivity index (χ0) is 19.8. The van der Waals surface area contributed by atoms with Gasteiger partial charge in [0.1, 0.15) is 12.4 Å². The normalized spacial score (nSPS) is 11.9. The second kappa shape index (κ2) is 10.3. The van der Waals surface area contributed by atoms with Gasteiger partial charge in [0.15, 0.2) is 0 Å². The second-order valence-electron chi connectivity index (χ2n) is 7.29. The molecule has 3 aromatic carbocycles. The molecule has 0 aliphatic carbocycles. The highest BCUT2D eigenvalue weighted by atomic mass is 31.1. The number of hydrogen-bond acceptors (Lipinski definition) is 1. The first-order valence-electron chi connectivity index (χ1n) is 10.2. The molecule has 0 aliphatic heterocycles. The van der Waals surface area contributed by atoms with Crippen molar-refractivity contribution in [2.45, 2.75) is 33.3 Å². The minimum atomic E-state index is -0.386. The van der Waals surface area contributed by atoms with Crippen LogP contribution in [0.3, 0.4) is 0 Å². The van der Waals surface area contributed by atoms with Crippen molar-refractivity contribution in [3.8, 4) is 16.9 Å². The van der Waals surface area contributed by atoms with E-state index >= 15 is 0 Å². The van der Waals surface area contributed by atoms with Crippen molar-refractivity contribution in [2.24, 2.45) is 0 Å². The fraction of sp³-hybridized carbons (Fsp3) is 0.269. The predicted molar refractivity (Wildman–Crippen MR) is 127 cm³/mol. The summed E-state index contributed by atoms with van der Waals surface area (Å²) in [7, 11) is -0.386. The van der Waals surface area contributed by atoms with Gasteiger partial charge in [-0.05, 0) is 65.1 Å². The van der Waals surface area contributed by atoms with E-state index < -0.39 is 0 Å². The van der Waals surface area contributed by atoms with Crippen LogP contribution in [0.4, 0.5) is 0 Å². The maximum atomic E-state index is 5.96. The monoisotopic (exact) mass is 390 g/mol. The largest absolute Gasteiger partial charge is 0.489 e. The van der Waals surface area contributed by atoms with Gasteiger partial charge in [-0.1, -0.05) is 74.5 Å². The van der Waals surface area contributed by atoms with Crippen LogP contribution in [0.1, 0.15) is 30.5 Å². The highest BCUT2D eigenvalue weighted by molar-refractivity contribution is 7.55. The third-order valence-electron chi connectivity index (χ3n) is 5.21. The molecule has 0 amide bonds. The highest BCUT2D eigenvalue weighted by Gasteiger charge is 2.02. The Kier molecular flexibility index (Phi) is 7.57. The summed E-state index contributed by atoms with van der Waals surface area (Å²) >= 11 is 0. The first kappa shape index (κ1) is 20.5. The zero-order valence-corrected chi connectivity index (χ0v) is 18.1. The molecule has 28 heavy (non-hydrogen) atoms. The molecule has 0 fully saturated rings. The zero-order valence-electron chi connectivity index (χ0n) is 17.1. The van der Waals surface area contributed by atoms with Gasteiger partial charge in [-0.15, -0.1) is 13.8 Å². The average molecular weight is 391 g/mol. The van der Waals surface area contributed by atoms with Gasteiger partial charge in [0.2, 0.25) is 0 Å². The molecular formula is C26H31OP. The van der Waals surface area contributed by atoms with Crippen molar-refractivity contribution in [1.29, 1.82) is 0 Å². The number of ether oxygens (including phenoxy) is 1. The average Bonchev–Trinajstić information content (AvgIpc) is 2.77. The smallest absolute Gasteiger partial charge is 0.119 e. The second-order valence-corrected chi connectivity index (χ2v) is 9.99. The van der Waals surface area contributed by atoms with Crippen LogP contribution >= 0.6 is 7.55 Å². The molecule has 0 spiro atoms. The number of rotatable bonds is 9. The Morgan fingerprint density at radius 3 is 2.07 bits per heavy atom. The topological polar surface area (TPSA) is 9.23 Å². The van der Waals surface area contributed by atoms with Gasteiger partial charge in [0.25, 0.3) is 0 Å². The molecule has 3 aromatic rings. The Morgan fingerprint density at radius 2 is 1.43 bits per heavy atom. The van der Waals surface area contributed by atoms with E-state index in [4.69, 9.17) is 4.74 Å². The fourth-order valence-corrected chi connectivity index (χ4v) is 4.21. The molecule has 0 radical (unpaired) electrons. The van der Waals surface area contributed by atoms with Crippen molar-refractivity contribution in [1.82, 2.24) is 0 Å². The molecule has 0 saturated heterocycles. The lowest BCUT2D eigenvalue weighted by molar-refractivity contribution is 0.306. The van der Waals surface area contributed by atoms with E-state index in [9.17, 15) is 0 Å². The van der Waals surface area contributed by atoms with Crippen molar-refractivity contribution in [2.75, 3.05) is 12.3 Å². The summed E-state index contributed by atoms with van der Waals surface area (Å²) in [5.74, 6) is 0.909. The van der Waals surface area contributed by atoms with E-state index in [2.05, 4.69) is 92.9 Å². The molecule has 0 N–H and O–H groups in total. The van der Waals surface area contributed by atoms with Gasteiger partial charge in [-0.3, -0.25) is 0 Å². The van der Waals surface area contributed by atoms with Crippen LogP contribution in [0.15, 0.2) is 72.8 Å². The van der Waals surface area contributed by atoms with Gasteiger partial charge in [0, 0.05) is 0 Å². The molecule has 1 unspecified atom stereocenters. The summed E-state index contributed by atoms with van der Waals surface area (Å²) in [5.41, 5.74) is 6.46. The van der Waals surface area contributed by atoms with Gasteiger partial charge >= 0.3 is 0 Å². The summed E-state index contributed by atoms with van der Waals surface area (Å²) in [6.45, 7) is 5.03. The minimum Gasteiger partial charge on any atom is -0.489 e. The van der Waals surface area contributed by atoms with Crippen LogP contribution in [0.25, 0.3) is 11.1 Å². The lowest BCUT2D eigenvalue weighted by Gasteiger charge is -2.09. The Bertz CT molecular complexity index is 894. The van der Waals surface area contributed by atoms with Gasteiger partial charge < -0.3 is 4.74 Å². The summed E-state index contributed by atoms with van der Waals surface area (Å²) < 4.78 is 5.96. The summed E-state index contributed by atoms with van der Waals surface area (Å²) in [6, 6.07) is 26.0. The SMILES string of the molecule is C=[PH](CC)CCc1ccc(-c2ccc(OCc3cccc(CC)c3)cc2)cc1. The predicted octanol–water partition coefficient (Wildman–Crippen LogP) is 6.70. The molecule has 146 valence electrons. The molecular weight excluding hydrogens is 359 g/mol. The first-order chi connectivity index (χ1) is 13.7. The van der Waals surface area contributed by atoms with Crippen molar-refractivity contribution >= 4 is 13.8 Å². The summed E-state index contributed by atoms with van der Waals surface area (Å²) in [6.07, 6.45) is 8.99. The summed E-state index contributed by atoms with van der Waals surface area (Å²) in [5, 5.41) is 0. The van der Waals surface area contributed by atoms with Gasteiger partial charge in [0.05, 0.1) is 0 Å². The van der Waals surface area contributed by atoms with E-state index in [1.165, 1.54) is 40.1 Å². The van der Waals surface area contributed by atoms with Crippen LogP contribution < -0.4 is 4.74 Å². The maximum absolute atomic E-state index is 5.96. The fourth-order valence-electron chi connectivity index (χ4n) is 3.21. The molecule has 0 aromatic heterocycles. The summed E-state index contributed by atoms with van der Waals surface area (Å²) in [4.78, 5) is 0. The molecule has 1 nitrogen and oxygen atoms in total. The van der Waals surface area contributed by atoms with Gasteiger partial charge in [-0.25, -0.2) is 0 Å². The Hall–Kier alpha value is -2.24. The van der Waals surface area contributed by atoms with E-state index in [-0.39, 0.29) is 7.55 Å². The van der Waals surface area contributed by atoms with Crippen LogP contribution in [-0.2, 0) is 19.4 Å². The molecule has 0 heterocycles. The Balaban J connectivity index is 1.58. The highest BCUT2D eigenvalue weighted by Crippen LogP contribution is 2.25.